The summed E-state index contributed by atoms with van der Waals surface area (Å²) >= 11 is 0. The first-order chi connectivity index (χ1) is 12.7. The highest BCUT2D eigenvalue weighted by molar-refractivity contribution is 5.92. The second-order valence-corrected chi connectivity index (χ2v) is 6.29. The molecule has 1 aliphatic rings. The van der Waals surface area contributed by atoms with Crippen LogP contribution >= 0.6 is 0 Å². The number of halogens is 1. The molecule has 1 aromatic carbocycles. The molecule has 0 bridgehead atoms. The second-order valence-electron chi connectivity index (χ2n) is 6.29. The third kappa shape index (κ3) is 2.89. The largest absolute Gasteiger partial charge is 0.359 e. The molecule has 1 amide bonds. The lowest BCUT2D eigenvalue weighted by molar-refractivity contribution is 0.0672. The molecule has 1 unspecified atom stereocenters. The summed E-state index contributed by atoms with van der Waals surface area (Å²) in [5.74, 6) is 0.0802. The number of carbonyl (C=O) groups is 1. The van der Waals surface area contributed by atoms with Gasteiger partial charge in [-0.3, -0.25) is 4.79 Å². The van der Waals surface area contributed by atoms with Crippen LogP contribution in [-0.4, -0.2) is 27.7 Å². The Morgan fingerprint density at radius 1 is 1.27 bits per heavy atom. The lowest BCUT2D eigenvalue weighted by Crippen LogP contribution is -2.30. The standard InChI is InChI=1S/C19H18FN3O3/c1-2-12-10-17(25-21-12)16-8-5-9-23(16)19(24)18-11-15(22-26-18)13-6-3-4-7-14(13)20/h3-4,6-7,10-11,16H,2,5,8-9H2,1H3. The molecule has 1 saturated heterocycles. The van der Waals surface area contributed by atoms with Crippen LogP contribution in [0.25, 0.3) is 11.3 Å². The van der Waals surface area contributed by atoms with Crippen molar-refractivity contribution in [2.45, 2.75) is 32.2 Å². The van der Waals surface area contributed by atoms with Gasteiger partial charge in [0.15, 0.2) is 5.76 Å². The van der Waals surface area contributed by atoms with Gasteiger partial charge in [0.05, 0.1) is 11.7 Å². The number of aromatic nitrogens is 2. The molecule has 0 N–H and O–H groups in total. The first kappa shape index (κ1) is 16.5. The van der Waals surface area contributed by atoms with Crippen molar-refractivity contribution >= 4 is 5.91 Å². The SMILES string of the molecule is CCc1cc(C2CCCN2C(=O)c2cc(-c3ccccc3F)no2)on1. The van der Waals surface area contributed by atoms with E-state index < -0.39 is 5.82 Å². The van der Waals surface area contributed by atoms with Gasteiger partial charge >= 0.3 is 0 Å². The summed E-state index contributed by atoms with van der Waals surface area (Å²) in [5, 5.41) is 7.87. The van der Waals surface area contributed by atoms with Crippen molar-refractivity contribution in [1.29, 1.82) is 0 Å². The summed E-state index contributed by atoms with van der Waals surface area (Å²) in [7, 11) is 0. The molecule has 0 radical (unpaired) electrons. The molecule has 3 heterocycles. The van der Waals surface area contributed by atoms with Crippen molar-refractivity contribution in [3.8, 4) is 11.3 Å². The van der Waals surface area contributed by atoms with Gasteiger partial charge in [-0.05, 0) is 31.4 Å². The maximum Gasteiger partial charge on any atom is 0.293 e. The summed E-state index contributed by atoms with van der Waals surface area (Å²) in [6.07, 6.45) is 2.45. The summed E-state index contributed by atoms with van der Waals surface area (Å²) in [4.78, 5) is 14.6. The Kier molecular flexibility index (Phi) is 4.28. The molecule has 2 aromatic heterocycles. The van der Waals surface area contributed by atoms with E-state index in [1.54, 1.807) is 23.1 Å². The van der Waals surface area contributed by atoms with Crippen LogP contribution in [-0.2, 0) is 6.42 Å². The molecule has 0 aliphatic carbocycles. The van der Waals surface area contributed by atoms with Crippen LogP contribution in [0.4, 0.5) is 4.39 Å². The van der Waals surface area contributed by atoms with Crippen LogP contribution in [0.5, 0.6) is 0 Å². The highest BCUT2D eigenvalue weighted by Crippen LogP contribution is 2.34. The topological polar surface area (TPSA) is 72.4 Å². The molecule has 134 valence electrons. The van der Waals surface area contributed by atoms with Crippen molar-refractivity contribution in [3.63, 3.8) is 0 Å². The van der Waals surface area contributed by atoms with Gasteiger partial charge in [0.2, 0.25) is 5.76 Å². The Labute approximate surface area is 149 Å². The van der Waals surface area contributed by atoms with E-state index in [1.165, 1.54) is 12.1 Å². The van der Waals surface area contributed by atoms with Crippen molar-refractivity contribution in [3.05, 3.63) is 59.4 Å². The molecule has 1 fully saturated rings. The summed E-state index contributed by atoms with van der Waals surface area (Å²) in [6, 6.07) is 9.45. The number of rotatable bonds is 4. The maximum atomic E-state index is 13.9. The Bertz CT molecular complexity index is 934. The van der Waals surface area contributed by atoms with Gasteiger partial charge in [-0.15, -0.1) is 0 Å². The molecule has 26 heavy (non-hydrogen) atoms. The molecule has 6 nitrogen and oxygen atoms in total. The van der Waals surface area contributed by atoms with Gasteiger partial charge in [0.25, 0.3) is 5.91 Å². The minimum Gasteiger partial charge on any atom is -0.359 e. The van der Waals surface area contributed by atoms with Crippen LogP contribution in [0.3, 0.4) is 0 Å². The minimum absolute atomic E-state index is 0.0883. The summed E-state index contributed by atoms with van der Waals surface area (Å²) in [6.45, 7) is 2.60. The maximum absolute atomic E-state index is 13.9. The van der Waals surface area contributed by atoms with Crippen molar-refractivity contribution in [1.82, 2.24) is 15.2 Å². The van der Waals surface area contributed by atoms with Crippen LogP contribution < -0.4 is 0 Å². The molecule has 1 aliphatic heterocycles. The van der Waals surface area contributed by atoms with E-state index in [0.717, 1.165) is 25.0 Å². The van der Waals surface area contributed by atoms with Gasteiger partial charge in [-0.2, -0.15) is 0 Å². The zero-order valence-corrected chi connectivity index (χ0v) is 14.3. The summed E-state index contributed by atoms with van der Waals surface area (Å²) < 4.78 is 24.5. The monoisotopic (exact) mass is 355 g/mol. The van der Waals surface area contributed by atoms with Gasteiger partial charge in [0.1, 0.15) is 11.5 Å². The normalized spacial score (nSPS) is 17.0. The van der Waals surface area contributed by atoms with Gasteiger partial charge in [-0.1, -0.05) is 29.4 Å². The average molecular weight is 355 g/mol. The first-order valence-electron chi connectivity index (χ1n) is 8.65. The molecule has 3 aromatic rings. The average Bonchev–Trinajstić information content (AvgIpc) is 3.40. The van der Waals surface area contributed by atoms with E-state index in [4.69, 9.17) is 9.05 Å². The van der Waals surface area contributed by atoms with E-state index >= 15 is 0 Å². The Balaban J connectivity index is 1.58. The van der Waals surface area contributed by atoms with E-state index in [1.807, 2.05) is 13.0 Å². The second kappa shape index (κ2) is 6.74. The molecule has 0 saturated carbocycles. The van der Waals surface area contributed by atoms with Gasteiger partial charge in [-0.25, -0.2) is 4.39 Å². The highest BCUT2D eigenvalue weighted by Gasteiger charge is 2.35. The van der Waals surface area contributed by atoms with E-state index in [2.05, 4.69) is 10.3 Å². The molecular weight excluding hydrogens is 337 g/mol. The zero-order valence-electron chi connectivity index (χ0n) is 14.3. The zero-order chi connectivity index (χ0) is 18.1. The molecule has 4 rings (SSSR count). The number of aryl methyl sites for hydroxylation is 1. The fourth-order valence-corrected chi connectivity index (χ4v) is 3.27. The predicted molar refractivity (Wildman–Crippen MR) is 90.8 cm³/mol. The van der Waals surface area contributed by atoms with Crippen molar-refractivity contribution < 1.29 is 18.2 Å². The minimum atomic E-state index is -0.410. The van der Waals surface area contributed by atoms with Gasteiger partial charge in [0, 0.05) is 24.2 Å². The van der Waals surface area contributed by atoms with E-state index in [-0.39, 0.29) is 17.7 Å². The van der Waals surface area contributed by atoms with Crippen molar-refractivity contribution in [2.24, 2.45) is 0 Å². The van der Waals surface area contributed by atoms with Crippen molar-refractivity contribution in [2.75, 3.05) is 6.54 Å². The number of hydrogen-bond donors (Lipinski definition) is 0. The van der Waals surface area contributed by atoms with E-state index in [0.29, 0.717) is 23.6 Å². The number of hydrogen-bond acceptors (Lipinski definition) is 5. The lowest BCUT2D eigenvalue weighted by Gasteiger charge is -2.20. The Hall–Kier alpha value is -2.96. The number of carbonyl (C=O) groups excluding carboxylic acids is 1. The van der Waals surface area contributed by atoms with Crippen LogP contribution in [0, 0.1) is 5.82 Å². The van der Waals surface area contributed by atoms with Gasteiger partial charge < -0.3 is 13.9 Å². The first-order valence-corrected chi connectivity index (χ1v) is 8.65. The van der Waals surface area contributed by atoms with Crippen LogP contribution in [0.1, 0.15) is 47.8 Å². The molecule has 1 atom stereocenters. The van der Waals surface area contributed by atoms with Crippen LogP contribution in [0.15, 0.2) is 45.4 Å². The molecule has 7 heteroatoms. The number of nitrogens with zero attached hydrogens (tertiary/aromatic N) is 3. The third-order valence-electron chi connectivity index (χ3n) is 4.65. The number of amides is 1. The highest BCUT2D eigenvalue weighted by atomic mass is 19.1. The fourth-order valence-electron chi connectivity index (χ4n) is 3.27. The van der Waals surface area contributed by atoms with E-state index in [9.17, 15) is 9.18 Å². The Morgan fingerprint density at radius 2 is 2.12 bits per heavy atom. The molecule has 0 spiro atoms. The fraction of sp³-hybridized carbons (Fsp3) is 0.316. The summed E-state index contributed by atoms with van der Waals surface area (Å²) in [5.41, 5.74) is 1.46. The predicted octanol–water partition coefficient (Wildman–Crippen LogP) is 4.01. The third-order valence-corrected chi connectivity index (χ3v) is 4.65. The number of likely N-dealkylation sites (tertiary alicyclic amines) is 1. The quantitative estimate of drug-likeness (QED) is 0.707. The van der Waals surface area contributed by atoms with Crippen LogP contribution in [0.2, 0.25) is 0 Å². The Morgan fingerprint density at radius 3 is 2.88 bits per heavy atom. The molecular formula is C19H18FN3O3. The number of benzene rings is 1. The smallest absolute Gasteiger partial charge is 0.293 e. The lowest BCUT2D eigenvalue weighted by atomic mass is 10.1.